The van der Waals surface area contributed by atoms with E-state index in [0.717, 1.165) is 10.0 Å². The molecule has 0 fully saturated rings. The molecule has 0 radical (unpaired) electrons. The largest absolute Gasteiger partial charge is 0.346 e. The van der Waals surface area contributed by atoms with E-state index in [9.17, 15) is 4.79 Å². The number of rotatable bonds is 3. The second-order valence-corrected chi connectivity index (χ2v) is 7.96. The minimum Gasteiger partial charge on any atom is -0.346 e. The highest BCUT2D eigenvalue weighted by Crippen LogP contribution is 2.24. The van der Waals surface area contributed by atoms with Gasteiger partial charge in [-0.05, 0) is 45.4 Å². The summed E-state index contributed by atoms with van der Waals surface area (Å²) in [6.07, 6.45) is 0. The third-order valence-corrected chi connectivity index (χ3v) is 3.42. The number of hydrogen-bond acceptors (Lipinski definition) is 1. The molecule has 1 aromatic rings. The molecule has 0 saturated heterocycles. The highest BCUT2D eigenvalue weighted by atomic mass is 79.9. The van der Waals surface area contributed by atoms with E-state index in [-0.39, 0.29) is 11.4 Å². The first-order valence-electron chi connectivity index (χ1n) is 5.40. The first-order chi connectivity index (χ1) is 7.63. The summed E-state index contributed by atoms with van der Waals surface area (Å²) in [7, 11) is 0. The summed E-state index contributed by atoms with van der Waals surface area (Å²) in [5.41, 5.74) is 0.689. The number of benzene rings is 1. The van der Waals surface area contributed by atoms with E-state index in [4.69, 9.17) is 0 Å². The number of halogens is 2. The summed E-state index contributed by atoms with van der Waals surface area (Å²) in [6.45, 7) is 7.65. The van der Waals surface area contributed by atoms with Gasteiger partial charge in [-0.2, -0.15) is 0 Å². The predicted octanol–water partition coefficient (Wildman–Crippen LogP) is 3.97. The summed E-state index contributed by atoms with van der Waals surface area (Å²) in [5, 5.41) is 3.03. The van der Waals surface area contributed by atoms with Crippen LogP contribution in [0.15, 0.2) is 28.7 Å². The number of amides is 1. The minimum absolute atomic E-state index is 0.0228. The summed E-state index contributed by atoms with van der Waals surface area (Å²) < 4.78 is 0.476. The van der Waals surface area contributed by atoms with E-state index in [1.807, 2.05) is 52.0 Å². The van der Waals surface area contributed by atoms with Crippen LogP contribution in [-0.4, -0.2) is 10.2 Å². The van der Waals surface area contributed by atoms with Crippen molar-refractivity contribution in [3.05, 3.63) is 34.3 Å². The van der Waals surface area contributed by atoms with Crippen molar-refractivity contribution in [1.29, 1.82) is 0 Å². The molecule has 0 aliphatic carbocycles. The normalized spacial score (nSPS) is 12.4. The number of hydrogen-bond donors (Lipinski definition) is 1. The quantitative estimate of drug-likeness (QED) is 0.809. The molecule has 94 valence electrons. The van der Waals surface area contributed by atoms with Crippen LogP contribution in [0.5, 0.6) is 0 Å². The molecular weight excluding hydrogens is 346 g/mol. The molecule has 0 bridgehead atoms. The van der Waals surface area contributed by atoms with Crippen molar-refractivity contribution in [2.45, 2.75) is 37.6 Å². The van der Waals surface area contributed by atoms with Gasteiger partial charge in [0.1, 0.15) is 0 Å². The zero-order valence-electron chi connectivity index (χ0n) is 10.5. The fraction of sp³-hybridized carbons (Fsp3) is 0.462. The fourth-order valence-electron chi connectivity index (χ4n) is 1.37. The lowest BCUT2D eigenvalue weighted by molar-refractivity contribution is -0.124. The molecule has 1 N–H and O–H groups in total. The Kier molecular flexibility index (Phi) is 4.42. The lowest BCUT2D eigenvalue weighted by Gasteiger charge is -2.30. The van der Waals surface area contributed by atoms with Gasteiger partial charge in [0.15, 0.2) is 0 Å². The van der Waals surface area contributed by atoms with Crippen molar-refractivity contribution in [3.63, 3.8) is 0 Å². The van der Waals surface area contributed by atoms with E-state index in [0.29, 0.717) is 0 Å². The predicted molar refractivity (Wildman–Crippen MR) is 78.3 cm³/mol. The van der Waals surface area contributed by atoms with Gasteiger partial charge in [-0.3, -0.25) is 4.79 Å². The van der Waals surface area contributed by atoms with Gasteiger partial charge < -0.3 is 5.32 Å². The first-order valence-corrected chi connectivity index (χ1v) is 6.99. The molecule has 2 nitrogen and oxygen atoms in total. The Hall–Kier alpha value is -0.350. The Morgan fingerprint density at radius 2 is 1.59 bits per heavy atom. The minimum atomic E-state index is -0.556. The van der Waals surface area contributed by atoms with Crippen molar-refractivity contribution in [3.8, 4) is 0 Å². The maximum atomic E-state index is 12.0. The molecule has 0 unspecified atom stereocenters. The molecule has 0 spiro atoms. The molecule has 4 heteroatoms. The van der Waals surface area contributed by atoms with Crippen LogP contribution in [0.2, 0.25) is 0 Å². The third-order valence-electron chi connectivity index (χ3n) is 2.53. The Morgan fingerprint density at radius 3 is 2.00 bits per heavy atom. The smallest absolute Gasteiger partial charge is 0.237 e. The zero-order chi connectivity index (χ0) is 13.3. The highest BCUT2D eigenvalue weighted by molar-refractivity contribution is 9.10. The fourth-order valence-corrected chi connectivity index (χ4v) is 1.73. The first kappa shape index (κ1) is 14.7. The van der Waals surface area contributed by atoms with Crippen molar-refractivity contribution < 1.29 is 4.79 Å². The van der Waals surface area contributed by atoms with Gasteiger partial charge >= 0.3 is 0 Å². The Bertz CT molecular complexity index is 404. The van der Waals surface area contributed by atoms with Gasteiger partial charge in [-0.25, -0.2) is 0 Å². The van der Waals surface area contributed by atoms with Crippen molar-refractivity contribution in [2.24, 2.45) is 0 Å². The molecular formula is C13H17Br2NO. The van der Waals surface area contributed by atoms with E-state index in [1.165, 1.54) is 0 Å². The molecule has 1 aromatic carbocycles. The van der Waals surface area contributed by atoms with Crippen LogP contribution >= 0.6 is 31.9 Å². The third kappa shape index (κ3) is 4.11. The topological polar surface area (TPSA) is 29.1 Å². The van der Waals surface area contributed by atoms with Gasteiger partial charge in [0.2, 0.25) is 5.91 Å². The van der Waals surface area contributed by atoms with Crippen LogP contribution in [0, 0.1) is 0 Å². The van der Waals surface area contributed by atoms with E-state index in [1.54, 1.807) is 0 Å². The van der Waals surface area contributed by atoms with Crippen LogP contribution in [0.4, 0.5) is 0 Å². The van der Waals surface area contributed by atoms with Crippen molar-refractivity contribution >= 4 is 37.8 Å². The number of nitrogens with one attached hydrogen (secondary N) is 1. The monoisotopic (exact) mass is 361 g/mol. The highest BCUT2D eigenvalue weighted by Gasteiger charge is 2.30. The summed E-state index contributed by atoms with van der Waals surface area (Å²) >= 11 is 6.76. The van der Waals surface area contributed by atoms with Gasteiger partial charge in [0, 0.05) is 4.47 Å². The average molecular weight is 363 g/mol. The molecule has 0 aliphatic heterocycles. The maximum Gasteiger partial charge on any atom is 0.237 e. The Morgan fingerprint density at radius 1 is 1.12 bits per heavy atom. The lowest BCUT2D eigenvalue weighted by Crippen LogP contribution is -2.47. The standard InChI is InChI=1S/C13H17Br2NO/c1-12(2,15)11(17)16-13(3,4)9-5-7-10(14)8-6-9/h5-8H,1-4H3,(H,16,17). The lowest BCUT2D eigenvalue weighted by atomic mass is 9.93. The van der Waals surface area contributed by atoms with E-state index in [2.05, 4.69) is 37.2 Å². The molecule has 1 rings (SSSR count). The molecule has 0 aliphatic rings. The molecule has 1 amide bonds. The van der Waals surface area contributed by atoms with E-state index < -0.39 is 4.32 Å². The van der Waals surface area contributed by atoms with Crippen molar-refractivity contribution in [1.82, 2.24) is 5.32 Å². The van der Waals surface area contributed by atoms with Gasteiger partial charge in [-0.15, -0.1) is 0 Å². The van der Waals surface area contributed by atoms with Crippen LogP contribution in [0.25, 0.3) is 0 Å². The van der Waals surface area contributed by atoms with Crippen LogP contribution < -0.4 is 5.32 Å². The molecule has 0 aromatic heterocycles. The number of alkyl halides is 1. The second kappa shape index (κ2) is 5.11. The van der Waals surface area contributed by atoms with E-state index >= 15 is 0 Å². The Labute approximate surface area is 119 Å². The summed E-state index contributed by atoms with van der Waals surface area (Å²) in [6, 6.07) is 7.96. The van der Waals surface area contributed by atoms with Crippen LogP contribution in [0.1, 0.15) is 33.3 Å². The second-order valence-electron chi connectivity index (χ2n) is 5.06. The summed E-state index contributed by atoms with van der Waals surface area (Å²) in [4.78, 5) is 12.0. The van der Waals surface area contributed by atoms with Crippen LogP contribution in [0.3, 0.4) is 0 Å². The maximum absolute atomic E-state index is 12.0. The van der Waals surface area contributed by atoms with Gasteiger partial charge in [-0.1, -0.05) is 44.0 Å². The molecule has 0 saturated carbocycles. The summed E-state index contributed by atoms with van der Waals surface area (Å²) in [5.74, 6) is -0.0228. The number of carbonyl (C=O) groups is 1. The number of carbonyl (C=O) groups excluding carboxylic acids is 1. The molecule has 0 atom stereocenters. The van der Waals surface area contributed by atoms with Gasteiger partial charge in [0.05, 0.1) is 9.86 Å². The molecule has 17 heavy (non-hydrogen) atoms. The molecule has 0 heterocycles. The SMILES string of the molecule is CC(C)(Br)C(=O)NC(C)(C)c1ccc(Br)cc1. The average Bonchev–Trinajstić information content (AvgIpc) is 2.16. The van der Waals surface area contributed by atoms with Crippen LogP contribution in [-0.2, 0) is 10.3 Å². The zero-order valence-corrected chi connectivity index (χ0v) is 13.6. The van der Waals surface area contributed by atoms with Gasteiger partial charge in [0.25, 0.3) is 0 Å². The van der Waals surface area contributed by atoms with Crippen molar-refractivity contribution in [2.75, 3.05) is 0 Å². The Balaban J connectivity index is 2.89.